The molecule has 2 fully saturated rings. The Labute approximate surface area is 131 Å². The number of hydrogen-bond acceptors (Lipinski definition) is 5. The van der Waals surface area contributed by atoms with Gasteiger partial charge in [-0.25, -0.2) is 4.79 Å². The van der Waals surface area contributed by atoms with E-state index in [9.17, 15) is 9.59 Å². The summed E-state index contributed by atoms with van der Waals surface area (Å²) in [4.78, 5) is 23.4. The van der Waals surface area contributed by atoms with E-state index in [1.807, 2.05) is 6.92 Å². The number of Topliss-reactive ketones (excluding diaryl/α,β-unsaturated/α-hetero) is 1. The molecule has 1 unspecified atom stereocenters. The minimum absolute atomic E-state index is 0.274. The first kappa shape index (κ1) is 17.0. The van der Waals surface area contributed by atoms with Crippen LogP contribution in [0.4, 0.5) is 0 Å². The second-order valence-corrected chi connectivity index (χ2v) is 6.14. The van der Waals surface area contributed by atoms with Crippen molar-refractivity contribution in [2.75, 3.05) is 19.8 Å². The Balaban J connectivity index is 1.84. The van der Waals surface area contributed by atoms with Gasteiger partial charge in [0.2, 0.25) is 0 Å². The Morgan fingerprint density at radius 2 is 2.09 bits per heavy atom. The molecule has 1 saturated heterocycles. The minimum atomic E-state index is -0.556. The van der Waals surface area contributed by atoms with Crippen molar-refractivity contribution in [3.05, 3.63) is 0 Å². The number of carbonyl (C=O) groups excluding carboxylic acids is 2. The maximum atomic E-state index is 12.3. The van der Waals surface area contributed by atoms with Crippen molar-refractivity contribution >= 4 is 11.8 Å². The van der Waals surface area contributed by atoms with E-state index in [-0.39, 0.29) is 5.78 Å². The predicted molar refractivity (Wildman–Crippen MR) is 79.9 cm³/mol. The van der Waals surface area contributed by atoms with Crippen molar-refractivity contribution < 1.29 is 23.8 Å². The van der Waals surface area contributed by atoms with Crippen LogP contribution in [-0.4, -0.2) is 37.4 Å². The van der Waals surface area contributed by atoms with Crippen molar-refractivity contribution in [1.29, 1.82) is 0 Å². The van der Waals surface area contributed by atoms with Gasteiger partial charge in [0.1, 0.15) is 5.78 Å². The normalized spacial score (nSPS) is 26.5. The summed E-state index contributed by atoms with van der Waals surface area (Å²) in [5.74, 6) is 4.48. The molecule has 5 nitrogen and oxygen atoms in total. The van der Waals surface area contributed by atoms with Gasteiger partial charge in [-0.1, -0.05) is 12.8 Å². The van der Waals surface area contributed by atoms with Crippen LogP contribution in [0.3, 0.4) is 0 Å². The van der Waals surface area contributed by atoms with Gasteiger partial charge in [0.15, 0.2) is 5.79 Å². The summed E-state index contributed by atoms with van der Waals surface area (Å²) in [5.41, 5.74) is -0.422. The highest BCUT2D eigenvalue weighted by atomic mass is 16.7. The molecule has 1 spiro atoms. The number of ether oxygens (including phenoxy) is 3. The van der Waals surface area contributed by atoms with Gasteiger partial charge in [0.25, 0.3) is 0 Å². The fourth-order valence-corrected chi connectivity index (χ4v) is 3.23. The summed E-state index contributed by atoms with van der Waals surface area (Å²) in [6, 6.07) is 0. The van der Waals surface area contributed by atoms with Crippen molar-refractivity contribution in [2.45, 2.75) is 58.2 Å². The number of ketones is 1. The summed E-state index contributed by atoms with van der Waals surface area (Å²) in [5, 5.41) is 0. The lowest BCUT2D eigenvalue weighted by Gasteiger charge is -2.41. The molecule has 0 aromatic heterocycles. The van der Waals surface area contributed by atoms with Crippen molar-refractivity contribution in [1.82, 2.24) is 0 Å². The summed E-state index contributed by atoms with van der Waals surface area (Å²) in [6.45, 7) is 5.28. The van der Waals surface area contributed by atoms with Gasteiger partial charge in [-0.05, 0) is 19.8 Å². The van der Waals surface area contributed by atoms with Gasteiger partial charge >= 0.3 is 5.97 Å². The van der Waals surface area contributed by atoms with E-state index >= 15 is 0 Å². The molecule has 1 aliphatic carbocycles. The third-order valence-corrected chi connectivity index (χ3v) is 4.38. The second kappa shape index (κ2) is 7.26. The first-order valence-electron chi connectivity index (χ1n) is 7.97. The molecule has 0 amide bonds. The first-order chi connectivity index (χ1) is 10.5. The van der Waals surface area contributed by atoms with Crippen LogP contribution in [-0.2, 0) is 23.8 Å². The van der Waals surface area contributed by atoms with Crippen LogP contribution in [0.15, 0.2) is 0 Å². The standard InChI is InChI=1S/C17H24O5/c1-3-20-15(19)7-5-4-6-9-16(2)13-17(10-8-14(16)18)21-11-12-22-17/h3-4,6,8-13H2,1-2H3. The molecule has 1 heterocycles. The summed E-state index contributed by atoms with van der Waals surface area (Å²) in [6.07, 6.45) is 3.86. The maximum absolute atomic E-state index is 12.3. The van der Waals surface area contributed by atoms with Gasteiger partial charge in [0, 0.05) is 37.0 Å². The van der Waals surface area contributed by atoms with Crippen LogP contribution >= 0.6 is 0 Å². The van der Waals surface area contributed by atoms with E-state index in [2.05, 4.69) is 11.8 Å². The van der Waals surface area contributed by atoms with Crippen molar-refractivity contribution in [3.8, 4) is 11.8 Å². The number of hydrogen-bond donors (Lipinski definition) is 0. The number of unbranched alkanes of at least 4 members (excludes halogenated alkanes) is 1. The van der Waals surface area contributed by atoms with Crippen LogP contribution in [0.5, 0.6) is 0 Å². The molecule has 1 atom stereocenters. The molecule has 0 aromatic carbocycles. The Hall–Kier alpha value is -1.38. The topological polar surface area (TPSA) is 61.8 Å². The third kappa shape index (κ3) is 4.08. The molecule has 1 saturated carbocycles. The summed E-state index contributed by atoms with van der Waals surface area (Å²) >= 11 is 0. The maximum Gasteiger partial charge on any atom is 0.384 e. The third-order valence-electron chi connectivity index (χ3n) is 4.38. The first-order valence-corrected chi connectivity index (χ1v) is 7.97. The van der Waals surface area contributed by atoms with Crippen LogP contribution in [0, 0.1) is 17.3 Å². The zero-order valence-corrected chi connectivity index (χ0v) is 13.4. The fourth-order valence-electron chi connectivity index (χ4n) is 3.23. The average molecular weight is 308 g/mol. The number of carbonyl (C=O) groups is 2. The summed E-state index contributed by atoms with van der Waals surface area (Å²) < 4.78 is 16.2. The lowest BCUT2D eigenvalue weighted by Crippen LogP contribution is -2.46. The van der Waals surface area contributed by atoms with E-state index in [4.69, 9.17) is 14.2 Å². The zero-order chi connectivity index (χ0) is 16.1. The molecule has 5 heteroatoms. The van der Waals surface area contributed by atoms with E-state index in [1.165, 1.54) is 0 Å². The molecule has 2 rings (SSSR count). The number of rotatable bonds is 4. The lowest BCUT2D eigenvalue weighted by atomic mass is 9.69. The molecule has 0 N–H and O–H groups in total. The van der Waals surface area contributed by atoms with Crippen LogP contribution in [0.1, 0.15) is 52.4 Å². The molecular weight excluding hydrogens is 284 g/mol. The Kier molecular flexibility index (Phi) is 5.60. The van der Waals surface area contributed by atoms with Crippen LogP contribution in [0.2, 0.25) is 0 Å². The Morgan fingerprint density at radius 3 is 2.77 bits per heavy atom. The summed E-state index contributed by atoms with van der Waals surface area (Å²) in [7, 11) is 0. The Morgan fingerprint density at radius 1 is 1.36 bits per heavy atom. The highest BCUT2D eigenvalue weighted by Crippen LogP contribution is 2.46. The number of esters is 1. The van der Waals surface area contributed by atoms with E-state index in [0.29, 0.717) is 45.5 Å². The quantitative estimate of drug-likeness (QED) is 0.345. The predicted octanol–water partition coefficient (Wildman–Crippen LogP) is 2.23. The van der Waals surface area contributed by atoms with Gasteiger partial charge in [-0.15, -0.1) is 0 Å². The average Bonchev–Trinajstić information content (AvgIpc) is 2.92. The monoisotopic (exact) mass is 308 g/mol. The fraction of sp³-hybridized carbons (Fsp3) is 0.765. The van der Waals surface area contributed by atoms with Crippen molar-refractivity contribution in [3.63, 3.8) is 0 Å². The largest absolute Gasteiger partial charge is 0.456 e. The molecular formula is C17H24O5. The molecule has 0 radical (unpaired) electrons. The van der Waals surface area contributed by atoms with Gasteiger partial charge in [-0.3, -0.25) is 4.79 Å². The minimum Gasteiger partial charge on any atom is -0.456 e. The van der Waals surface area contributed by atoms with Gasteiger partial charge in [0.05, 0.1) is 19.8 Å². The highest BCUT2D eigenvalue weighted by molar-refractivity contribution is 5.88. The molecule has 122 valence electrons. The van der Waals surface area contributed by atoms with E-state index in [1.54, 1.807) is 6.92 Å². The SMILES string of the molecule is CCOC(=O)C#CCCCC1(C)CC2(CCC1=O)OCCO2. The molecule has 22 heavy (non-hydrogen) atoms. The van der Waals surface area contributed by atoms with Crippen LogP contribution in [0.25, 0.3) is 0 Å². The molecule has 0 aromatic rings. The highest BCUT2D eigenvalue weighted by Gasteiger charge is 2.50. The lowest BCUT2D eigenvalue weighted by molar-refractivity contribution is -0.201. The van der Waals surface area contributed by atoms with E-state index < -0.39 is 17.2 Å². The van der Waals surface area contributed by atoms with Crippen LogP contribution < -0.4 is 0 Å². The molecule has 0 bridgehead atoms. The smallest absolute Gasteiger partial charge is 0.384 e. The second-order valence-electron chi connectivity index (χ2n) is 6.14. The van der Waals surface area contributed by atoms with Gasteiger partial charge < -0.3 is 14.2 Å². The zero-order valence-electron chi connectivity index (χ0n) is 13.4. The van der Waals surface area contributed by atoms with Gasteiger partial charge in [-0.2, -0.15) is 0 Å². The molecule has 1 aliphatic heterocycles. The van der Waals surface area contributed by atoms with E-state index in [0.717, 1.165) is 12.8 Å². The molecule has 2 aliphatic rings. The Bertz CT molecular complexity index is 481. The van der Waals surface area contributed by atoms with Crippen molar-refractivity contribution in [2.24, 2.45) is 5.41 Å².